The topological polar surface area (TPSA) is 51.5 Å². The smallest absolute Gasteiger partial charge is 0.231 e. The molecule has 2 unspecified atom stereocenters. The number of ketones is 1. The number of amides is 1. The molecule has 0 radical (unpaired) electrons. The van der Waals surface area contributed by atoms with E-state index in [1.165, 1.54) is 65.4 Å². The van der Waals surface area contributed by atoms with Crippen molar-refractivity contribution < 1.29 is 14.3 Å². The van der Waals surface area contributed by atoms with E-state index in [2.05, 4.69) is 41.8 Å². The van der Waals surface area contributed by atoms with Crippen LogP contribution in [0.4, 0.5) is 0 Å². The van der Waals surface area contributed by atoms with E-state index >= 15 is 0 Å². The summed E-state index contributed by atoms with van der Waals surface area (Å²) in [5.41, 5.74) is 8.09. The SMILES string of the molecule is CC(=O)c1ccc2c(C3CCCCC3)c3n(c2c1)CC1(C(=O)N2CCOCC2)CC1c1cc(C)ccc1-3. The van der Waals surface area contributed by atoms with Gasteiger partial charge < -0.3 is 14.2 Å². The van der Waals surface area contributed by atoms with Crippen molar-refractivity contribution in [3.05, 3.63) is 58.7 Å². The molecule has 2 aliphatic heterocycles. The van der Waals surface area contributed by atoms with Gasteiger partial charge >= 0.3 is 0 Å². The summed E-state index contributed by atoms with van der Waals surface area (Å²) in [6.45, 7) is 7.08. The zero-order chi connectivity index (χ0) is 25.3. The number of nitrogens with zero attached hydrogens (tertiary/aromatic N) is 2. The second-order valence-electron chi connectivity index (χ2n) is 11.9. The molecule has 5 nitrogen and oxygen atoms in total. The molecule has 3 heterocycles. The number of fused-ring (bicyclic) bond motifs is 7. The lowest BCUT2D eigenvalue weighted by Gasteiger charge is -2.31. The highest BCUT2D eigenvalue weighted by atomic mass is 16.5. The van der Waals surface area contributed by atoms with Gasteiger partial charge in [0.2, 0.25) is 5.91 Å². The monoisotopic (exact) mass is 496 g/mol. The van der Waals surface area contributed by atoms with Crippen LogP contribution in [0.1, 0.15) is 84.3 Å². The number of aryl methyl sites for hydroxylation is 1. The average Bonchev–Trinajstić information content (AvgIpc) is 3.59. The molecule has 2 aromatic carbocycles. The summed E-state index contributed by atoms with van der Waals surface area (Å²) in [5, 5.41) is 1.27. The summed E-state index contributed by atoms with van der Waals surface area (Å²) in [4.78, 5) is 28.7. The third kappa shape index (κ3) is 3.53. The van der Waals surface area contributed by atoms with Crippen molar-refractivity contribution in [1.29, 1.82) is 0 Å². The number of morpholine rings is 1. The fourth-order valence-electron chi connectivity index (χ4n) is 7.60. The molecule has 1 amide bonds. The molecule has 0 bridgehead atoms. The number of ether oxygens (including phenoxy) is 1. The van der Waals surface area contributed by atoms with E-state index in [0.29, 0.717) is 38.8 Å². The van der Waals surface area contributed by atoms with Crippen LogP contribution in [0.3, 0.4) is 0 Å². The number of carbonyl (C=O) groups is 2. The van der Waals surface area contributed by atoms with Gasteiger partial charge in [-0.25, -0.2) is 0 Å². The van der Waals surface area contributed by atoms with Crippen LogP contribution in [0, 0.1) is 12.3 Å². The van der Waals surface area contributed by atoms with Gasteiger partial charge in [-0.1, -0.05) is 55.2 Å². The molecule has 1 saturated heterocycles. The lowest BCUT2D eigenvalue weighted by Crippen LogP contribution is -2.45. The van der Waals surface area contributed by atoms with Gasteiger partial charge in [-0.15, -0.1) is 0 Å². The van der Waals surface area contributed by atoms with Crippen LogP contribution < -0.4 is 0 Å². The van der Waals surface area contributed by atoms with Crippen molar-refractivity contribution in [2.75, 3.05) is 26.3 Å². The van der Waals surface area contributed by atoms with Gasteiger partial charge in [0, 0.05) is 47.6 Å². The number of carbonyl (C=O) groups excluding carboxylic acids is 2. The second-order valence-corrected chi connectivity index (χ2v) is 11.9. The molecule has 3 fully saturated rings. The Bertz CT molecular complexity index is 1420. The second kappa shape index (κ2) is 8.56. The third-order valence-electron chi connectivity index (χ3n) is 9.60. The molecule has 1 aromatic heterocycles. The molecular formula is C32H36N2O3. The first kappa shape index (κ1) is 23.2. The Morgan fingerprint density at radius 3 is 2.54 bits per heavy atom. The first-order valence-electron chi connectivity index (χ1n) is 14.1. The Kier molecular flexibility index (Phi) is 5.37. The fourth-order valence-corrected chi connectivity index (χ4v) is 7.60. The van der Waals surface area contributed by atoms with Crippen molar-refractivity contribution in [3.8, 4) is 11.3 Å². The molecular weight excluding hydrogens is 460 g/mol. The van der Waals surface area contributed by atoms with Crippen molar-refractivity contribution in [2.24, 2.45) is 5.41 Å². The van der Waals surface area contributed by atoms with E-state index in [1.807, 2.05) is 11.0 Å². The van der Waals surface area contributed by atoms with E-state index in [0.717, 1.165) is 17.5 Å². The lowest BCUT2D eigenvalue weighted by atomic mass is 9.81. The number of Topliss-reactive ketones (excluding diaryl/α,β-unsaturated/α-hetero) is 1. The van der Waals surface area contributed by atoms with Gasteiger partial charge in [0.25, 0.3) is 0 Å². The van der Waals surface area contributed by atoms with E-state index in [-0.39, 0.29) is 17.6 Å². The fraction of sp³-hybridized carbons (Fsp3) is 0.500. The summed E-state index contributed by atoms with van der Waals surface area (Å²) >= 11 is 0. The highest BCUT2D eigenvalue weighted by Gasteiger charge is 2.63. The van der Waals surface area contributed by atoms with Crippen molar-refractivity contribution in [2.45, 2.75) is 70.8 Å². The van der Waals surface area contributed by atoms with Crippen molar-refractivity contribution >= 4 is 22.6 Å². The summed E-state index contributed by atoms with van der Waals surface area (Å²) < 4.78 is 8.02. The molecule has 4 aliphatic rings. The summed E-state index contributed by atoms with van der Waals surface area (Å²) in [7, 11) is 0. The van der Waals surface area contributed by atoms with Crippen molar-refractivity contribution in [3.63, 3.8) is 0 Å². The highest BCUT2D eigenvalue weighted by Crippen LogP contribution is 2.66. The number of aromatic nitrogens is 1. The van der Waals surface area contributed by atoms with E-state index in [1.54, 1.807) is 6.92 Å². The lowest BCUT2D eigenvalue weighted by molar-refractivity contribution is -0.141. The maximum absolute atomic E-state index is 14.2. The Hall–Kier alpha value is -2.92. The molecule has 0 N–H and O–H groups in total. The highest BCUT2D eigenvalue weighted by molar-refractivity contribution is 6.01. The van der Waals surface area contributed by atoms with Crippen LogP contribution in [0.25, 0.3) is 22.2 Å². The zero-order valence-electron chi connectivity index (χ0n) is 22.0. The summed E-state index contributed by atoms with van der Waals surface area (Å²) in [6.07, 6.45) is 7.17. The number of benzene rings is 2. The molecule has 3 aromatic rings. The minimum absolute atomic E-state index is 0.0877. The third-order valence-corrected chi connectivity index (χ3v) is 9.60. The molecule has 5 heteroatoms. The average molecular weight is 497 g/mol. The molecule has 7 rings (SSSR count). The minimum atomic E-state index is -0.423. The maximum Gasteiger partial charge on any atom is 0.231 e. The van der Waals surface area contributed by atoms with Gasteiger partial charge in [0.05, 0.1) is 24.3 Å². The number of hydrogen-bond donors (Lipinski definition) is 0. The molecule has 2 atom stereocenters. The van der Waals surface area contributed by atoms with Crippen molar-refractivity contribution in [1.82, 2.24) is 9.47 Å². The predicted molar refractivity (Wildman–Crippen MR) is 145 cm³/mol. The van der Waals surface area contributed by atoms with Gasteiger partial charge in [-0.05, 0) is 56.2 Å². The Balaban J connectivity index is 1.49. The van der Waals surface area contributed by atoms with Crippen LogP contribution in [0.15, 0.2) is 36.4 Å². The van der Waals surface area contributed by atoms with E-state index in [9.17, 15) is 9.59 Å². The van der Waals surface area contributed by atoms with Gasteiger partial charge in [0.1, 0.15) is 0 Å². The van der Waals surface area contributed by atoms with E-state index < -0.39 is 5.41 Å². The van der Waals surface area contributed by atoms with Crippen LogP contribution in [-0.4, -0.2) is 47.5 Å². The van der Waals surface area contributed by atoms with Gasteiger partial charge in [-0.3, -0.25) is 9.59 Å². The largest absolute Gasteiger partial charge is 0.378 e. The molecule has 0 spiro atoms. The van der Waals surface area contributed by atoms with Gasteiger partial charge in [0.15, 0.2) is 5.78 Å². The quantitative estimate of drug-likeness (QED) is 0.405. The van der Waals surface area contributed by atoms with Crippen LogP contribution in [0.2, 0.25) is 0 Å². The maximum atomic E-state index is 14.2. The molecule has 2 saturated carbocycles. The molecule has 2 aliphatic carbocycles. The van der Waals surface area contributed by atoms with Crippen LogP contribution in [0.5, 0.6) is 0 Å². The normalized spacial score (nSPS) is 25.2. The van der Waals surface area contributed by atoms with E-state index in [4.69, 9.17) is 4.74 Å². The Morgan fingerprint density at radius 1 is 1.00 bits per heavy atom. The molecule has 192 valence electrons. The summed E-state index contributed by atoms with van der Waals surface area (Å²) in [6, 6.07) is 13.2. The predicted octanol–water partition coefficient (Wildman–Crippen LogP) is 6.21. The zero-order valence-corrected chi connectivity index (χ0v) is 22.0. The van der Waals surface area contributed by atoms with Crippen LogP contribution >= 0.6 is 0 Å². The van der Waals surface area contributed by atoms with Gasteiger partial charge in [-0.2, -0.15) is 0 Å². The van der Waals surface area contributed by atoms with Crippen LogP contribution in [-0.2, 0) is 16.1 Å². The first-order valence-corrected chi connectivity index (χ1v) is 14.1. The standard InChI is InChI=1S/C32H36N2O3/c1-20-8-10-24-26(16-20)27-18-32(27,31(36)33-12-14-37-15-13-33)19-34-28-17-23(21(2)35)9-11-25(28)29(30(24)34)22-6-4-3-5-7-22/h8-11,16-17,22,27H,3-7,12-15,18-19H2,1-2H3. The number of hydrogen-bond acceptors (Lipinski definition) is 3. The number of rotatable bonds is 3. The minimum Gasteiger partial charge on any atom is -0.378 e. The first-order chi connectivity index (χ1) is 18.0. The summed E-state index contributed by atoms with van der Waals surface area (Å²) in [5.74, 6) is 1.13. The Labute approximate surface area is 218 Å². The Morgan fingerprint density at radius 2 is 1.78 bits per heavy atom. The molecule has 37 heavy (non-hydrogen) atoms.